The van der Waals surface area contributed by atoms with Gasteiger partial charge in [0.15, 0.2) is 5.69 Å². The Labute approximate surface area is 168 Å². The molecule has 0 radical (unpaired) electrons. The summed E-state index contributed by atoms with van der Waals surface area (Å²) < 4.78 is 0. The molecule has 0 atom stereocenters. The van der Waals surface area contributed by atoms with Crippen molar-refractivity contribution in [2.75, 3.05) is 5.32 Å². The maximum Gasteiger partial charge on any atom is 0.312 e. The predicted molar refractivity (Wildman–Crippen MR) is 97.8 cm³/mol. The highest BCUT2D eigenvalue weighted by Crippen LogP contribution is 2.47. The molecule has 0 amide bonds. The van der Waals surface area contributed by atoms with Crippen LogP contribution in [0.1, 0.15) is 0 Å². The molecule has 0 spiro atoms. The second kappa shape index (κ2) is 7.75. The molecule has 0 heterocycles. The first kappa shape index (κ1) is 21.0. The van der Waals surface area contributed by atoms with Crippen LogP contribution >= 0.6 is 34.8 Å². The lowest BCUT2D eigenvalue weighted by Crippen LogP contribution is -2.06. The molecule has 2 aromatic carbocycles. The van der Waals surface area contributed by atoms with E-state index in [4.69, 9.17) is 34.8 Å². The van der Waals surface area contributed by atoms with Crippen molar-refractivity contribution < 1.29 is 19.7 Å². The van der Waals surface area contributed by atoms with Crippen molar-refractivity contribution in [3.8, 4) is 0 Å². The molecule has 0 bridgehead atoms. The van der Waals surface area contributed by atoms with Gasteiger partial charge in [-0.05, 0) is 6.07 Å². The Balaban J connectivity index is 2.87. The quantitative estimate of drug-likeness (QED) is 0.356. The topological polar surface area (TPSA) is 185 Å². The van der Waals surface area contributed by atoms with Gasteiger partial charge in [0.2, 0.25) is 0 Å². The summed E-state index contributed by atoms with van der Waals surface area (Å²) in [6.07, 6.45) is 0. The molecule has 0 aromatic heterocycles. The largest absolute Gasteiger partial charge is 0.337 e. The van der Waals surface area contributed by atoms with E-state index in [9.17, 15) is 40.5 Å². The first-order valence-corrected chi connectivity index (χ1v) is 7.79. The second-order valence-electron chi connectivity index (χ2n) is 4.89. The molecule has 13 nitrogen and oxygen atoms in total. The number of anilines is 2. The van der Waals surface area contributed by atoms with E-state index in [1.54, 1.807) is 0 Å². The molecule has 0 saturated heterocycles. The maximum atomic E-state index is 11.3. The third kappa shape index (κ3) is 3.85. The Morgan fingerprint density at radius 1 is 0.679 bits per heavy atom. The zero-order chi connectivity index (χ0) is 21.3. The van der Waals surface area contributed by atoms with Gasteiger partial charge in [0.1, 0.15) is 10.7 Å². The number of hydrogen-bond donors (Lipinski definition) is 1. The molecule has 2 aromatic rings. The van der Waals surface area contributed by atoms with Crippen LogP contribution in [-0.4, -0.2) is 19.7 Å². The number of nitrogens with zero attached hydrogens (tertiary/aromatic N) is 4. The molecule has 2 rings (SSSR count). The normalized spacial score (nSPS) is 10.4. The van der Waals surface area contributed by atoms with Crippen molar-refractivity contribution in [1.82, 2.24) is 0 Å². The van der Waals surface area contributed by atoms with Crippen LogP contribution in [-0.2, 0) is 0 Å². The molecule has 28 heavy (non-hydrogen) atoms. The number of nitro groups is 4. The predicted octanol–water partition coefficient (Wildman–Crippen LogP) is 5.02. The molecule has 0 saturated carbocycles. The summed E-state index contributed by atoms with van der Waals surface area (Å²) >= 11 is 17.5. The fraction of sp³-hybridized carbons (Fsp3) is 0. The zero-order valence-electron chi connectivity index (χ0n) is 12.9. The molecule has 0 unspecified atom stereocenters. The summed E-state index contributed by atoms with van der Waals surface area (Å²) in [5, 5.41) is 45.6. The first-order chi connectivity index (χ1) is 13.0. The van der Waals surface area contributed by atoms with E-state index in [0.717, 1.165) is 6.07 Å². The molecule has 1 N–H and O–H groups in total. The van der Waals surface area contributed by atoms with Crippen molar-refractivity contribution in [1.29, 1.82) is 0 Å². The molecular formula is C12H4Cl3N5O8. The lowest BCUT2D eigenvalue weighted by Gasteiger charge is -2.12. The third-order valence-electron chi connectivity index (χ3n) is 3.26. The third-order valence-corrected chi connectivity index (χ3v) is 4.34. The lowest BCUT2D eigenvalue weighted by atomic mass is 10.1. The highest BCUT2D eigenvalue weighted by Gasteiger charge is 2.34. The summed E-state index contributed by atoms with van der Waals surface area (Å²) in [5.74, 6) is 0. The highest BCUT2D eigenvalue weighted by atomic mass is 35.5. The van der Waals surface area contributed by atoms with Crippen molar-refractivity contribution in [2.45, 2.75) is 0 Å². The van der Waals surface area contributed by atoms with Crippen LogP contribution in [0.15, 0.2) is 18.2 Å². The van der Waals surface area contributed by atoms with E-state index in [-0.39, 0.29) is 5.02 Å². The van der Waals surface area contributed by atoms with Gasteiger partial charge in [0.05, 0.1) is 41.9 Å². The van der Waals surface area contributed by atoms with E-state index < -0.39 is 63.9 Å². The van der Waals surface area contributed by atoms with Gasteiger partial charge in [-0.1, -0.05) is 34.8 Å². The van der Waals surface area contributed by atoms with Crippen molar-refractivity contribution in [3.63, 3.8) is 0 Å². The minimum Gasteiger partial charge on any atom is -0.337 e. The van der Waals surface area contributed by atoms with Gasteiger partial charge in [0, 0.05) is 0 Å². The number of non-ortho nitro benzene ring substituents is 1. The summed E-state index contributed by atoms with van der Waals surface area (Å²) in [4.78, 5) is 40.4. The van der Waals surface area contributed by atoms with Gasteiger partial charge in [0.25, 0.3) is 5.69 Å². The van der Waals surface area contributed by atoms with Gasteiger partial charge < -0.3 is 5.32 Å². The van der Waals surface area contributed by atoms with E-state index in [1.807, 2.05) is 0 Å². The number of hydrogen-bond acceptors (Lipinski definition) is 9. The van der Waals surface area contributed by atoms with Crippen molar-refractivity contribution in [3.05, 3.63) is 73.7 Å². The van der Waals surface area contributed by atoms with E-state index in [1.165, 1.54) is 0 Å². The second-order valence-corrected chi connectivity index (χ2v) is 6.08. The SMILES string of the molecule is O=[N+]([O-])c1cc([N+](=O)[O-])c(Nc2c(Cl)c(Cl)cc(Cl)c2[N+](=O)[O-])c([N+](=O)[O-])c1. The molecule has 0 fully saturated rings. The smallest absolute Gasteiger partial charge is 0.312 e. The lowest BCUT2D eigenvalue weighted by molar-refractivity contribution is -0.401. The number of benzene rings is 2. The van der Waals surface area contributed by atoms with Crippen LogP contribution in [0.4, 0.5) is 34.1 Å². The van der Waals surface area contributed by atoms with Crippen LogP contribution in [0.2, 0.25) is 15.1 Å². The van der Waals surface area contributed by atoms with Crippen LogP contribution in [0.5, 0.6) is 0 Å². The first-order valence-electron chi connectivity index (χ1n) is 6.65. The standard InChI is InChI=1S/C12H4Cl3N5O8/c13-5-3-6(14)12(20(27)28)11(9(5)15)16-10-7(18(23)24)1-4(17(21)22)2-8(10)19(25)26/h1-3,16H. The monoisotopic (exact) mass is 451 g/mol. The molecule has 146 valence electrons. The fourth-order valence-corrected chi connectivity index (χ4v) is 2.85. The summed E-state index contributed by atoms with van der Waals surface area (Å²) in [5.41, 5.74) is -5.54. The molecule has 16 heteroatoms. The zero-order valence-corrected chi connectivity index (χ0v) is 15.2. The van der Waals surface area contributed by atoms with E-state index in [0.29, 0.717) is 12.1 Å². The molecule has 0 aliphatic heterocycles. The summed E-state index contributed by atoms with van der Waals surface area (Å²) in [6, 6.07) is 1.83. The Kier molecular flexibility index (Phi) is 5.82. The summed E-state index contributed by atoms with van der Waals surface area (Å²) in [7, 11) is 0. The van der Waals surface area contributed by atoms with Gasteiger partial charge in [-0.2, -0.15) is 0 Å². The van der Waals surface area contributed by atoms with Gasteiger partial charge in [-0.15, -0.1) is 0 Å². The number of halogens is 3. The molecule has 0 aliphatic carbocycles. The van der Waals surface area contributed by atoms with Crippen LogP contribution in [0.3, 0.4) is 0 Å². The average Bonchev–Trinajstić information content (AvgIpc) is 2.58. The fourth-order valence-electron chi connectivity index (χ4n) is 2.12. The Bertz CT molecular complexity index is 1030. The minimum absolute atomic E-state index is 0.285. The van der Waals surface area contributed by atoms with Gasteiger partial charge in [-0.3, -0.25) is 40.5 Å². The molecule has 0 aliphatic rings. The molecular weight excluding hydrogens is 449 g/mol. The van der Waals surface area contributed by atoms with Crippen LogP contribution < -0.4 is 5.32 Å². The number of nitrogens with one attached hydrogen (secondary N) is 1. The van der Waals surface area contributed by atoms with E-state index >= 15 is 0 Å². The average molecular weight is 453 g/mol. The summed E-state index contributed by atoms with van der Waals surface area (Å²) in [6.45, 7) is 0. The Hall–Kier alpha value is -3.29. The maximum absolute atomic E-state index is 11.3. The van der Waals surface area contributed by atoms with Crippen molar-refractivity contribution >= 4 is 68.9 Å². The van der Waals surface area contributed by atoms with Crippen LogP contribution in [0, 0.1) is 40.5 Å². The Morgan fingerprint density at radius 2 is 1.18 bits per heavy atom. The number of rotatable bonds is 6. The van der Waals surface area contributed by atoms with Gasteiger partial charge >= 0.3 is 17.1 Å². The Morgan fingerprint density at radius 3 is 1.57 bits per heavy atom. The minimum atomic E-state index is -1.14. The highest BCUT2D eigenvalue weighted by molar-refractivity contribution is 6.46. The van der Waals surface area contributed by atoms with E-state index in [2.05, 4.69) is 5.32 Å². The van der Waals surface area contributed by atoms with Crippen LogP contribution in [0.25, 0.3) is 0 Å². The van der Waals surface area contributed by atoms with Crippen molar-refractivity contribution in [2.24, 2.45) is 0 Å². The van der Waals surface area contributed by atoms with Gasteiger partial charge in [-0.25, -0.2) is 0 Å². The number of nitro benzene ring substituents is 4.